The van der Waals surface area contributed by atoms with Crippen LogP contribution in [-0.2, 0) is 11.8 Å². The van der Waals surface area contributed by atoms with Gasteiger partial charge < -0.3 is 9.47 Å². The number of hydrogen-bond donors (Lipinski definition) is 2. The molecule has 3 atom stereocenters. The summed E-state index contributed by atoms with van der Waals surface area (Å²) in [4.78, 5) is 19.8. The van der Waals surface area contributed by atoms with Gasteiger partial charge in [0.05, 0.1) is 12.0 Å². The Morgan fingerprint density at radius 2 is 2.23 bits per heavy atom. The minimum atomic E-state index is -0.0723. The van der Waals surface area contributed by atoms with Crippen LogP contribution in [0.5, 0.6) is 0 Å². The molecule has 26 heavy (non-hydrogen) atoms. The fourth-order valence-corrected chi connectivity index (χ4v) is 4.30. The average molecular weight is 353 g/mol. The molecule has 2 N–H and O–H groups in total. The van der Waals surface area contributed by atoms with Crippen LogP contribution in [0.4, 0.5) is 0 Å². The number of aromatic nitrogens is 2. The molecule has 0 radical (unpaired) electrons. The van der Waals surface area contributed by atoms with E-state index in [1.807, 2.05) is 24.3 Å². The molecular formula is C20H27N5O. The van der Waals surface area contributed by atoms with E-state index in [1.54, 1.807) is 0 Å². The van der Waals surface area contributed by atoms with E-state index in [-0.39, 0.29) is 17.9 Å². The van der Waals surface area contributed by atoms with Crippen LogP contribution in [0.15, 0.2) is 36.7 Å². The maximum absolute atomic E-state index is 13.3. The number of amides is 1. The number of imidazole rings is 1. The third kappa shape index (κ3) is 3.27. The van der Waals surface area contributed by atoms with Crippen LogP contribution in [0.2, 0.25) is 0 Å². The van der Waals surface area contributed by atoms with E-state index < -0.39 is 0 Å². The largest absolute Gasteiger partial charge is 0.342 e. The predicted molar refractivity (Wildman–Crippen MR) is 100 cm³/mol. The number of hydrogen-bond acceptors (Lipinski definition) is 4. The molecule has 3 unspecified atom stereocenters. The van der Waals surface area contributed by atoms with Gasteiger partial charge in [0.25, 0.3) is 0 Å². The van der Waals surface area contributed by atoms with Gasteiger partial charge in [0.15, 0.2) is 0 Å². The van der Waals surface area contributed by atoms with Crippen molar-refractivity contribution < 1.29 is 4.79 Å². The third-order valence-corrected chi connectivity index (χ3v) is 5.66. The van der Waals surface area contributed by atoms with E-state index in [0.29, 0.717) is 12.5 Å². The van der Waals surface area contributed by atoms with Crippen LogP contribution in [0, 0.1) is 12.8 Å². The van der Waals surface area contributed by atoms with Gasteiger partial charge in [-0.15, -0.1) is 0 Å². The molecule has 2 aromatic rings. The molecule has 0 spiro atoms. The van der Waals surface area contributed by atoms with Crippen LogP contribution in [-0.4, -0.2) is 40.0 Å². The van der Waals surface area contributed by atoms with Crippen molar-refractivity contribution in [3.8, 4) is 0 Å². The molecule has 0 saturated carbocycles. The normalized spacial score (nSPS) is 26.2. The van der Waals surface area contributed by atoms with Gasteiger partial charge >= 0.3 is 0 Å². The van der Waals surface area contributed by atoms with Crippen molar-refractivity contribution in [3.05, 3.63) is 53.6 Å². The number of benzene rings is 1. The van der Waals surface area contributed by atoms with Crippen LogP contribution in [0.25, 0.3) is 0 Å². The van der Waals surface area contributed by atoms with Crippen molar-refractivity contribution in [1.29, 1.82) is 0 Å². The van der Waals surface area contributed by atoms with E-state index >= 15 is 0 Å². The van der Waals surface area contributed by atoms with Gasteiger partial charge in [-0.3, -0.25) is 10.2 Å². The van der Waals surface area contributed by atoms with E-state index in [2.05, 4.69) is 51.6 Å². The first-order valence-electron chi connectivity index (χ1n) is 9.44. The van der Waals surface area contributed by atoms with Gasteiger partial charge in [0.1, 0.15) is 5.82 Å². The number of carbonyl (C=O) groups is 1. The molecule has 0 bridgehead atoms. The number of nitrogens with one attached hydrogen (secondary N) is 2. The molecule has 1 aromatic heterocycles. The fraction of sp³-hybridized carbons (Fsp3) is 0.500. The molecule has 0 aliphatic carbocycles. The first-order valence-corrected chi connectivity index (χ1v) is 9.44. The highest BCUT2D eigenvalue weighted by molar-refractivity contribution is 5.80. The summed E-state index contributed by atoms with van der Waals surface area (Å²) in [6, 6.07) is 8.44. The quantitative estimate of drug-likeness (QED) is 0.885. The highest BCUT2D eigenvalue weighted by atomic mass is 16.2. The lowest BCUT2D eigenvalue weighted by atomic mass is 9.90. The summed E-state index contributed by atoms with van der Waals surface area (Å²) in [5, 5.41) is 0. The van der Waals surface area contributed by atoms with Crippen molar-refractivity contribution >= 4 is 5.91 Å². The number of hydrazine groups is 1. The van der Waals surface area contributed by atoms with Crippen LogP contribution in [0.1, 0.15) is 41.8 Å². The molecule has 6 nitrogen and oxygen atoms in total. The SMILES string of the molecule is Cc1cccc(C2NNCC2C(=O)N2CCCC(c3nccn3C)C2)c1. The molecule has 3 heterocycles. The number of piperidine rings is 1. The molecule has 2 aliphatic rings. The van der Waals surface area contributed by atoms with Gasteiger partial charge in [0.2, 0.25) is 5.91 Å². The Kier molecular flexibility index (Phi) is 4.78. The topological polar surface area (TPSA) is 62.2 Å². The Labute approximate surface area is 154 Å². The standard InChI is InChI=1S/C20H27N5O/c1-14-5-3-6-15(11-14)18-17(12-22-23-18)20(26)25-9-4-7-16(13-25)19-21-8-10-24(19)2/h3,5-6,8,10-11,16-18,22-23H,4,7,9,12-13H2,1-2H3. The van der Waals surface area contributed by atoms with E-state index in [0.717, 1.165) is 31.8 Å². The summed E-state index contributed by atoms with van der Waals surface area (Å²) >= 11 is 0. The Morgan fingerprint density at radius 1 is 1.35 bits per heavy atom. The Balaban J connectivity index is 1.50. The zero-order valence-corrected chi connectivity index (χ0v) is 15.5. The van der Waals surface area contributed by atoms with Gasteiger partial charge in [-0.2, -0.15) is 0 Å². The minimum Gasteiger partial charge on any atom is -0.342 e. The number of rotatable bonds is 3. The lowest BCUT2D eigenvalue weighted by Crippen LogP contribution is -2.44. The summed E-state index contributed by atoms with van der Waals surface area (Å²) in [7, 11) is 2.03. The van der Waals surface area contributed by atoms with E-state index in [9.17, 15) is 4.79 Å². The Morgan fingerprint density at radius 3 is 3.00 bits per heavy atom. The Bertz CT molecular complexity index is 786. The van der Waals surface area contributed by atoms with Crippen molar-refractivity contribution in [1.82, 2.24) is 25.3 Å². The molecule has 138 valence electrons. The molecule has 4 rings (SSSR count). The predicted octanol–water partition coefficient (Wildman–Crippen LogP) is 1.90. The molecule has 2 fully saturated rings. The van der Waals surface area contributed by atoms with Crippen molar-refractivity contribution in [2.75, 3.05) is 19.6 Å². The molecule has 1 aromatic carbocycles. The second-order valence-electron chi connectivity index (χ2n) is 7.54. The molecular weight excluding hydrogens is 326 g/mol. The smallest absolute Gasteiger partial charge is 0.229 e. The highest BCUT2D eigenvalue weighted by Gasteiger charge is 2.38. The summed E-state index contributed by atoms with van der Waals surface area (Å²) in [6.07, 6.45) is 5.95. The lowest BCUT2D eigenvalue weighted by molar-refractivity contribution is -0.136. The summed E-state index contributed by atoms with van der Waals surface area (Å²) < 4.78 is 2.08. The molecule has 1 amide bonds. The third-order valence-electron chi connectivity index (χ3n) is 5.66. The molecule has 2 saturated heterocycles. The van der Waals surface area contributed by atoms with Crippen molar-refractivity contribution in [2.45, 2.75) is 31.7 Å². The van der Waals surface area contributed by atoms with Gasteiger partial charge in [-0.25, -0.2) is 10.4 Å². The highest BCUT2D eigenvalue weighted by Crippen LogP contribution is 2.31. The van der Waals surface area contributed by atoms with E-state index in [1.165, 1.54) is 11.1 Å². The molecule has 2 aliphatic heterocycles. The number of likely N-dealkylation sites (tertiary alicyclic amines) is 1. The summed E-state index contributed by atoms with van der Waals surface area (Å²) in [5.41, 5.74) is 8.89. The summed E-state index contributed by atoms with van der Waals surface area (Å²) in [6.45, 7) is 4.36. The van der Waals surface area contributed by atoms with Gasteiger partial charge in [-0.05, 0) is 25.3 Å². The fourth-order valence-electron chi connectivity index (χ4n) is 4.30. The zero-order chi connectivity index (χ0) is 18.1. The minimum absolute atomic E-state index is 0.0240. The number of carbonyl (C=O) groups excluding carboxylic acids is 1. The van der Waals surface area contributed by atoms with Crippen LogP contribution in [0.3, 0.4) is 0 Å². The number of aryl methyl sites for hydroxylation is 2. The summed E-state index contributed by atoms with van der Waals surface area (Å²) in [5.74, 6) is 1.58. The first kappa shape index (κ1) is 17.2. The lowest BCUT2D eigenvalue weighted by Gasteiger charge is -2.35. The average Bonchev–Trinajstić information content (AvgIpc) is 3.30. The van der Waals surface area contributed by atoms with Crippen molar-refractivity contribution in [3.63, 3.8) is 0 Å². The maximum Gasteiger partial charge on any atom is 0.229 e. The second-order valence-corrected chi connectivity index (χ2v) is 7.54. The van der Waals surface area contributed by atoms with Crippen LogP contribution >= 0.6 is 0 Å². The maximum atomic E-state index is 13.3. The van der Waals surface area contributed by atoms with E-state index in [4.69, 9.17) is 0 Å². The zero-order valence-electron chi connectivity index (χ0n) is 15.5. The Hall–Kier alpha value is -2.18. The van der Waals surface area contributed by atoms with Gasteiger partial charge in [-0.1, -0.05) is 29.8 Å². The van der Waals surface area contributed by atoms with Crippen molar-refractivity contribution in [2.24, 2.45) is 13.0 Å². The molecule has 6 heteroatoms. The first-order chi connectivity index (χ1) is 12.6. The van der Waals surface area contributed by atoms with Gasteiger partial charge in [0, 0.05) is 45.0 Å². The monoisotopic (exact) mass is 353 g/mol. The van der Waals surface area contributed by atoms with Crippen LogP contribution < -0.4 is 10.9 Å². The second kappa shape index (κ2) is 7.21. The number of nitrogens with zero attached hydrogens (tertiary/aromatic N) is 3.